The highest BCUT2D eigenvalue weighted by Gasteiger charge is 2.34. The number of anilines is 1. The monoisotopic (exact) mass is 430 g/mol. The van der Waals surface area contributed by atoms with Gasteiger partial charge in [0.05, 0.1) is 10.5 Å². The summed E-state index contributed by atoms with van der Waals surface area (Å²) in [7, 11) is 0. The molecule has 1 aliphatic heterocycles. The minimum absolute atomic E-state index is 0.0274. The molecule has 1 fully saturated rings. The van der Waals surface area contributed by atoms with Gasteiger partial charge in [-0.3, -0.25) is 18.9 Å². The normalized spacial score (nSPS) is 15.9. The topological polar surface area (TPSA) is 57.9 Å². The zero-order chi connectivity index (χ0) is 21.1. The van der Waals surface area contributed by atoms with Crippen molar-refractivity contribution in [3.8, 4) is 0 Å². The van der Waals surface area contributed by atoms with Crippen LogP contribution in [0.3, 0.4) is 0 Å². The second kappa shape index (κ2) is 9.09. The zero-order valence-electron chi connectivity index (χ0n) is 17.2. The molecule has 0 N–H and O–H groups in total. The summed E-state index contributed by atoms with van der Waals surface area (Å²) >= 11 is 6.62. The van der Waals surface area contributed by atoms with Crippen LogP contribution >= 0.6 is 24.0 Å². The number of hydrogen-bond acceptors (Lipinski definition) is 6. The van der Waals surface area contributed by atoms with Crippen LogP contribution in [0.15, 0.2) is 34.1 Å². The molecule has 0 bridgehead atoms. The second-order valence-corrected chi connectivity index (χ2v) is 8.89. The van der Waals surface area contributed by atoms with E-state index in [-0.39, 0.29) is 17.5 Å². The van der Waals surface area contributed by atoms with E-state index in [0.29, 0.717) is 26.3 Å². The number of aromatic nitrogens is 2. The van der Waals surface area contributed by atoms with Crippen LogP contribution < -0.4 is 10.5 Å². The third-order valence-corrected chi connectivity index (χ3v) is 5.98. The van der Waals surface area contributed by atoms with Crippen LogP contribution in [0.5, 0.6) is 0 Å². The van der Waals surface area contributed by atoms with Gasteiger partial charge in [-0.05, 0) is 44.9 Å². The first-order valence-electron chi connectivity index (χ1n) is 9.92. The number of rotatable bonds is 7. The molecule has 154 valence electrons. The molecule has 3 heterocycles. The van der Waals surface area contributed by atoms with Gasteiger partial charge in [0.15, 0.2) is 0 Å². The SMILES string of the molecule is CCCN(CCC)c1nc2ccccn2c(=O)c1/C=C1\SC(=S)N(C(C)C)C1=O. The van der Waals surface area contributed by atoms with E-state index in [1.54, 1.807) is 23.2 Å². The molecule has 0 unspecified atom stereocenters. The highest BCUT2D eigenvalue weighted by atomic mass is 32.2. The molecule has 0 spiro atoms. The first-order valence-corrected chi connectivity index (χ1v) is 11.1. The van der Waals surface area contributed by atoms with Gasteiger partial charge in [0, 0.05) is 25.3 Å². The maximum atomic E-state index is 13.3. The van der Waals surface area contributed by atoms with Gasteiger partial charge in [0.25, 0.3) is 11.5 Å². The van der Waals surface area contributed by atoms with Crippen LogP contribution in [0.1, 0.15) is 46.1 Å². The van der Waals surface area contributed by atoms with Crippen molar-refractivity contribution in [2.24, 2.45) is 0 Å². The van der Waals surface area contributed by atoms with Gasteiger partial charge in [0.1, 0.15) is 15.8 Å². The molecule has 1 saturated heterocycles. The van der Waals surface area contributed by atoms with Gasteiger partial charge in [-0.2, -0.15) is 0 Å². The molecule has 0 radical (unpaired) electrons. The number of nitrogens with zero attached hydrogens (tertiary/aromatic N) is 4. The summed E-state index contributed by atoms with van der Waals surface area (Å²) in [5.74, 6) is 0.468. The summed E-state index contributed by atoms with van der Waals surface area (Å²) in [6.45, 7) is 9.63. The van der Waals surface area contributed by atoms with Crippen molar-refractivity contribution in [2.45, 2.75) is 46.6 Å². The summed E-state index contributed by atoms with van der Waals surface area (Å²) < 4.78 is 2.04. The second-order valence-electron chi connectivity index (χ2n) is 7.22. The third-order valence-electron chi connectivity index (χ3n) is 4.65. The van der Waals surface area contributed by atoms with Crippen molar-refractivity contribution in [3.63, 3.8) is 0 Å². The highest BCUT2D eigenvalue weighted by Crippen LogP contribution is 2.34. The number of hydrogen-bond donors (Lipinski definition) is 0. The fourth-order valence-corrected chi connectivity index (χ4v) is 4.88. The maximum absolute atomic E-state index is 13.3. The minimum atomic E-state index is -0.183. The summed E-state index contributed by atoms with van der Waals surface area (Å²) in [5, 5.41) is 0. The fourth-order valence-electron chi connectivity index (χ4n) is 3.38. The lowest BCUT2D eigenvalue weighted by molar-refractivity contribution is -0.123. The van der Waals surface area contributed by atoms with Gasteiger partial charge in [0.2, 0.25) is 0 Å². The van der Waals surface area contributed by atoms with Crippen LogP contribution in [-0.4, -0.2) is 43.6 Å². The predicted octanol–water partition coefficient (Wildman–Crippen LogP) is 3.93. The van der Waals surface area contributed by atoms with E-state index in [2.05, 4.69) is 18.7 Å². The molecule has 2 aromatic rings. The van der Waals surface area contributed by atoms with Gasteiger partial charge in [-0.1, -0.05) is 43.9 Å². The number of thiocarbonyl (C=S) groups is 1. The number of carbonyl (C=O) groups excluding carboxylic acids is 1. The van der Waals surface area contributed by atoms with E-state index in [1.807, 2.05) is 26.0 Å². The third kappa shape index (κ3) is 4.23. The molecule has 29 heavy (non-hydrogen) atoms. The molecular weight excluding hydrogens is 404 g/mol. The van der Waals surface area contributed by atoms with Crippen molar-refractivity contribution < 1.29 is 4.79 Å². The Hall–Kier alpha value is -2.19. The Labute approximate surface area is 180 Å². The van der Waals surface area contributed by atoms with Crippen LogP contribution in [0, 0.1) is 0 Å². The number of thioether (sulfide) groups is 1. The molecule has 0 atom stereocenters. The van der Waals surface area contributed by atoms with Crippen molar-refractivity contribution in [3.05, 3.63) is 45.2 Å². The Balaban J connectivity index is 2.21. The number of fused-ring (bicyclic) bond motifs is 1. The van der Waals surface area contributed by atoms with Crippen LogP contribution in [0.25, 0.3) is 11.7 Å². The lowest BCUT2D eigenvalue weighted by Crippen LogP contribution is -2.34. The Kier molecular flexibility index (Phi) is 6.74. The molecule has 2 aromatic heterocycles. The molecule has 6 nitrogen and oxygen atoms in total. The first kappa shape index (κ1) is 21.5. The molecule has 0 saturated carbocycles. The quantitative estimate of drug-likeness (QED) is 0.490. The fraction of sp³-hybridized carbons (Fsp3) is 0.429. The highest BCUT2D eigenvalue weighted by molar-refractivity contribution is 8.26. The Morgan fingerprint density at radius 2 is 1.90 bits per heavy atom. The zero-order valence-corrected chi connectivity index (χ0v) is 18.8. The number of pyridine rings is 1. The summed E-state index contributed by atoms with van der Waals surface area (Å²) in [4.78, 5) is 35.2. The molecule has 3 rings (SSSR count). The summed E-state index contributed by atoms with van der Waals surface area (Å²) in [6, 6.07) is 5.46. The van der Waals surface area contributed by atoms with Gasteiger partial charge in [-0.25, -0.2) is 4.98 Å². The van der Waals surface area contributed by atoms with E-state index < -0.39 is 0 Å². The van der Waals surface area contributed by atoms with Crippen molar-refractivity contribution in [1.82, 2.24) is 14.3 Å². The summed E-state index contributed by atoms with van der Waals surface area (Å²) in [6.07, 6.45) is 5.24. The van der Waals surface area contributed by atoms with E-state index in [0.717, 1.165) is 25.9 Å². The van der Waals surface area contributed by atoms with Crippen molar-refractivity contribution in [2.75, 3.05) is 18.0 Å². The lowest BCUT2D eigenvalue weighted by Gasteiger charge is -2.24. The Morgan fingerprint density at radius 3 is 2.48 bits per heavy atom. The van der Waals surface area contributed by atoms with E-state index in [1.165, 1.54) is 16.2 Å². The van der Waals surface area contributed by atoms with Crippen LogP contribution in [0.4, 0.5) is 5.82 Å². The van der Waals surface area contributed by atoms with Crippen molar-refractivity contribution >= 4 is 51.7 Å². The molecular formula is C21H26N4O2S2. The molecule has 1 amide bonds. The number of amides is 1. The van der Waals surface area contributed by atoms with Gasteiger partial charge in [-0.15, -0.1) is 0 Å². The summed E-state index contributed by atoms with van der Waals surface area (Å²) in [5.41, 5.74) is 0.842. The molecule has 0 aliphatic carbocycles. The lowest BCUT2D eigenvalue weighted by atomic mass is 10.2. The molecule has 1 aliphatic rings. The molecule has 8 heteroatoms. The number of carbonyl (C=O) groups is 1. The van der Waals surface area contributed by atoms with Crippen molar-refractivity contribution in [1.29, 1.82) is 0 Å². The first-order chi connectivity index (χ1) is 13.9. The average molecular weight is 431 g/mol. The standard InChI is InChI=1S/C21H26N4O2S2/c1-5-10-23(11-6-2)18-15(19(26)24-12-8-7-9-17(24)22-18)13-16-20(27)25(14(3)4)21(28)29-16/h7-9,12-14H,5-6,10-11H2,1-4H3/b16-13-. The van der Waals surface area contributed by atoms with Crippen LogP contribution in [-0.2, 0) is 4.79 Å². The van der Waals surface area contributed by atoms with Gasteiger partial charge >= 0.3 is 0 Å². The molecule has 0 aromatic carbocycles. The van der Waals surface area contributed by atoms with E-state index in [9.17, 15) is 9.59 Å². The van der Waals surface area contributed by atoms with Gasteiger partial charge < -0.3 is 4.90 Å². The Morgan fingerprint density at radius 1 is 1.21 bits per heavy atom. The van der Waals surface area contributed by atoms with E-state index in [4.69, 9.17) is 17.2 Å². The Bertz CT molecular complexity index is 1020. The predicted molar refractivity (Wildman–Crippen MR) is 124 cm³/mol. The largest absolute Gasteiger partial charge is 0.356 e. The average Bonchev–Trinajstić information content (AvgIpc) is 2.97. The minimum Gasteiger partial charge on any atom is -0.356 e. The van der Waals surface area contributed by atoms with E-state index >= 15 is 0 Å². The smallest absolute Gasteiger partial charge is 0.267 e. The maximum Gasteiger partial charge on any atom is 0.267 e. The van der Waals surface area contributed by atoms with Crippen LogP contribution in [0.2, 0.25) is 0 Å².